The average Bonchev–Trinajstić information content (AvgIpc) is 2.55. The molecule has 2 aromatic carbocycles. The standard InChI is InChI=1S/C17H18BrCl2NO2S/c1-3-4-5-11-7-9-15(24(22,23)21-2)17(18)16(11)12-6-8-13(19)14(20)10-12/h6-10,21H,3-5H2,1-2H3. The highest BCUT2D eigenvalue weighted by atomic mass is 79.9. The van der Waals surface area contributed by atoms with Crippen molar-refractivity contribution in [3.8, 4) is 11.1 Å². The Hall–Kier alpha value is -0.590. The molecule has 0 bridgehead atoms. The smallest absolute Gasteiger partial charge is 0.214 e. The zero-order chi connectivity index (χ0) is 17.9. The van der Waals surface area contributed by atoms with Crippen molar-refractivity contribution in [2.75, 3.05) is 7.05 Å². The molecule has 0 spiro atoms. The van der Waals surface area contributed by atoms with Crippen LogP contribution in [-0.4, -0.2) is 15.5 Å². The summed E-state index contributed by atoms with van der Waals surface area (Å²) in [4.78, 5) is 0.200. The van der Waals surface area contributed by atoms with Gasteiger partial charge in [-0.3, -0.25) is 0 Å². The Labute approximate surface area is 161 Å². The first-order valence-electron chi connectivity index (χ1n) is 7.52. The topological polar surface area (TPSA) is 46.2 Å². The van der Waals surface area contributed by atoms with E-state index in [0.29, 0.717) is 14.5 Å². The third-order valence-corrected chi connectivity index (χ3v) is 7.04. The SMILES string of the molecule is CCCCc1ccc(S(=O)(=O)NC)c(Br)c1-c1ccc(Cl)c(Cl)c1. The number of benzene rings is 2. The van der Waals surface area contributed by atoms with Crippen molar-refractivity contribution in [1.82, 2.24) is 4.72 Å². The Kier molecular flexibility index (Phi) is 6.74. The highest BCUT2D eigenvalue weighted by molar-refractivity contribution is 9.10. The summed E-state index contributed by atoms with van der Waals surface area (Å²) in [5.74, 6) is 0. The molecule has 2 aromatic rings. The Bertz CT molecular complexity index is 854. The Balaban J connectivity index is 2.72. The van der Waals surface area contributed by atoms with Crippen molar-refractivity contribution in [2.24, 2.45) is 0 Å². The number of aryl methyl sites for hydroxylation is 1. The van der Waals surface area contributed by atoms with E-state index in [2.05, 4.69) is 27.6 Å². The fraction of sp³-hybridized carbons (Fsp3) is 0.294. The lowest BCUT2D eigenvalue weighted by Crippen LogP contribution is -2.19. The van der Waals surface area contributed by atoms with E-state index < -0.39 is 10.0 Å². The molecule has 0 saturated heterocycles. The molecular weight excluding hydrogens is 433 g/mol. The molecule has 0 aliphatic heterocycles. The van der Waals surface area contributed by atoms with E-state index >= 15 is 0 Å². The van der Waals surface area contributed by atoms with E-state index in [-0.39, 0.29) is 4.90 Å². The quantitative estimate of drug-likeness (QED) is 0.615. The van der Waals surface area contributed by atoms with Gasteiger partial charge < -0.3 is 0 Å². The molecule has 0 heterocycles. The van der Waals surface area contributed by atoms with Crippen molar-refractivity contribution in [3.05, 3.63) is 50.4 Å². The first kappa shape index (κ1) is 19.7. The lowest BCUT2D eigenvalue weighted by molar-refractivity contribution is 0.587. The van der Waals surface area contributed by atoms with Crippen LogP contribution >= 0.6 is 39.1 Å². The van der Waals surface area contributed by atoms with Gasteiger partial charge in [-0.05, 0) is 65.1 Å². The van der Waals surface area contributed by atoms with Crippen LogP contribution in [0.15, 0.2) is 39.7 Å². The van der Waals surface area contributed by atoms with Gasteiger partial charge in [0.2, 0.25) is 10.0 Å². The summed E-state index contributed by atoms with van der Waals surface area (Å²) < 4.78 is 27.4. The van der Waals surface area contributed by atoms with Gasteiger partial charge in [-0.15, -0.1) is 0 Å². The summed E-state index contributed by atoms with van der Waals surface area (Å²) in [6.45, 7) is 2.12. The van der Waals surface area contributed by atoms with Gasteiger partial charge in [0.05, 0.1) is 14.9 Å². The molecule has 1 N–H and O–H groups in total. The number of hydrogen-bond acceptors (Lipinski definition) is 2. The molecule has 0 aromatic heterocycles. The molecule has 0 fully saturated rings. The minimum atomic E-state index is -3.57. The van der Waals surface area contributed by atoms with Gasteiger partial charge >= 0.3 is 0 Å². The number of rotatable bonds is 6. The maximum Gasteiger partial charge on any atom is 0.241 e. The molecule has 0 unspecified atom stereocenters. The Morgan fingerprint density at radius 3 is 2.42 bits per heavy atom. The van der Waals surface area contributed by atoms with E-state index in [0.717, 1.165) is 36.0 Å². The van der Waals surface area contributed by atoms with Crippen LogP contribution in [0.4, 0.5) is 0 Å². The monoisotopic (exact) mass is 449 g/mol. The Morgan fingerprint density at radius 1 is 1.12 bits per heavy atom. The summed E-state index contributed by atoms with van der Waals surface area (Å²) in [6, 6.07) is 8.81. The number of hydrogen-bond donors (Lipinski definition) is 1. The van der Waals surface area contributed by atoms with Crippen LogP contribution in [0.3, 0.4) is 0 Å². The fourth-order valence-electron chi connectivity index (χ4n) is 2.45. The minimum absolute atomic E-state index is 0.200. The Morgan fingerprint density at radius 2 is 1.83 bits per heavy atom. The van der Waals surface area contributed by atoms with Crippen molar-refractivity contribution in [2.45, 2.75) is 31.1 Å². The molecule has 3 nitrogen and oxygen atoms in total. The van der Waals surface area contributed by atoms with Gasteiger partial charge in [-0.1, -0.05) is 48.7 Å². The van der Waals surface area contributed by atoms with Crippen LogP contribution in [0.1, 0.15) is 25.3 Å². The average molecular weight is 451 g/mol. The van der Waals surface area contributed by atoms with Gasteiger partial charge in [0.25, 0.3) is 0 Å². The molecule has 0 atom stereocenters. The number of sulfonamides is 1. The van der Waals surface area contributed by atoms with E-state index in [4.69, 9.17) is 23.2 Å². The number of unbranched alkanes of at least 4 members (excludes halogenated alkanes) is 1. The molecule has 2 rings (SSSR count). The van der Waals surface area contributed by atoms with Gasteiger partial charge in [0.1, 0.15) is 0 Å². The lowest BCUT2D eigenvalue weighted by Gasteiger charge is -2.16. The van der Waals surface area contributed by atoms with Crippen LogP contribution in [0.5, 0.6) is 0 Å². The molecule has 0 aliphatic rings. The van der Waals surface area contributed by atoms with Gasteiger partial charge in [-0.2, -0.15) is 0 Å². The summed E-state index contributed by atoms with van der Waals surface area (Å²) in [5, 5.41) is 0.898. The lowest BCUT2D eigenvalue weighted by atomic mass is 9.96. The predicted octanol–water partition coefficient (Wildman–Crippen LogP) is 5.67. The minimum Gasteiger partial charge on any atom is -0.214 e. The van der Waals surface area contributed by atoms with E-state index in [1.165, 1.54) is 7.05 Å². The highest BCUT2D eigenvalue weighted by Gasteiger charge is 2.21. The normalized spacial score (nSPS) is 11.7. The predicted molar refractivity (Wildman–Crippen MR) is 104 cm³/mol. The van der Waals surface area contributed by atoms with Crippen LogP contribution in [-0.2, 0) is 16.4 Å². The van der Waals surface area contributed by atoms with E-state index in [9.17, 15) is 8.42 Å². The molecule has 0 saturated carbocycles. The van der Waals surface area contributed by atoms with Crippen molar-refractivity contribution >= 4 is 49.2 Å². The molecule has 0 amide bonds. The van der Waals surface area contributed by atoms with Gasteiger partial charge in [0, 0.05) is 10.0 Å². The summed E-state index contributed by atoms with van der Waals surface area (Å²) >= 11 is 15.6. The third kappa shape index (κ3) is 4.14. The third-order valence-electron chi connectivity index (χ3n) is 3.76. The molecule has 24 heavy (non-hydrogen) atoms. The largest absolute Gasteiger partial charge is 0.241 e. The molecule has 0 radical (unpaired) electrons. The first-order chi connectivity index (χ1) is 11.3. The van der Waals surface area contributed by atoms with Crippen molar-refractivity contribution in [1.29, 1.82) is 0 Å². The van der Waals surface area contributed by atoms with Crippen LogP contribution in [0.25, 0.3) is 11.1 Å². The number of halogens is 3. The summed E-state index contributed by atoms with van der Waals surface area (Å²) in [6.07, 6.45) is 2.92. The van der Waals surface area contributed by atoms with Crippen molar-refractivity contribution in [3.63, 3.8) is 0 Å². The van der Waals surface area contributed by atoms with Crippen molar-refractivity contribution < 1.29 is 8.42 Å². The second-order valence-electron chi connectivity index (χ2n) is 5.35. The summed E-state index contributed by atoms with van der Waals surface area (Å²) in [7, 11) is -2.18. The van der Waals surface area contributed by atoms with Crippen LogP contribution in [0.2, 0.25) is 10.0 Å². The highest BCUT2D eigenvalue weighted by Crippen LogP contribution is 2.39. The molecule has 0 aliphatic carbocycles. The second kappa shape index (κ2) is 8.19. The molecule has 130 valence electrons. The van der Waals surface area contributed by atoms with Crippen LogP contribution in [0, 0.1) is 0 Å². The van der Waals surface area contributed by atoms with Gasteiger partial charge in [-0.25, -0.2) is 13.1 Å². The first-order valence-corrected chi connectivity index (χ1v) is 10.5. The fourth-order valence-corrected chi connectivity index (χ4v) is 4.81. The zero-order valence-corrected chi connectivity index (χ0v) is 17.3. The number of nitrogens with one attached hydrogen (secondary N) is 1. The zero-order valence-electron chi connectivity index (χ0n) is 13.4. The maximum atomic E-state index is 12.3. The maximum absolute atomic E-state index is 12.3. The van der Waals surface area contributed by atoms with E-state index in [1.807, 2.05) is 12.1 Å². The molecular formula is C17H18BrCl2NO2S. The second-order valence-corrected chi connectivity index (χ2v) is 8.81. The molecule has 7 heteroatoms. The van der Waals surface area contributed by atoms with Crippen LogP contribution < -0.4 is 4.72 Å². The van der Waals surface area contributed by atoms with E-state index in [1.54, 1.807) is 18.2 Å². The summed E-state index contributed by atoms with van der Waals surface area (Å²) in [5.41, 5.74) is 2.73. The van der Waals surface area contributed by atoms with Gasteiger partial charge in [0.15, 0.2) is 0 Å².